The van der Waals surface area contributed by atoms with Crippen LogP contribution in [0.5, 0.6) is 0 Å². The second-order valence-corrected chi connectivity index (χ2v) is 6.56. The first-order valence-corrected chi connectivity index (χ1v) is 8.24. The van der Waals surface area contributed by atoms with Crippen molar-refractivity contribution in [2.75, 3.05) is 5.32 Å². The van der Waals surface area contributed by atoms with Crippen molar-refractivity contribution >= 4 is 44.4 Å². The highest BCUT2D eigenvalue weighted by atomic mass is 79.9. The minimum atomic E-state index is -0.313. The molecule has 0 fully saturated rings. The van der Waals surface area contributed by atoms with Gasteiger partial charge in [0.1, 0.15) is 13.2 Å². The predicted octanol–water partition coefficient (Wildman–Crippen LogP) is 3.71. The van der Waals surface area contributed by atoms with Crippen molar-refractivity contribution < 1.29 is 14.3 Å². The fourth-order valence-corrected chi connectivity index (χ4v) is 3.21. The summed E-state index contributed by atoms with van der Waals surface area (Å²) in [5.41, 5.74) is 3.02. The zero-order valence-corrected chi connectivity index (χ0v) is 14.2. The lowest BCUT2D eigenvalue weighted by atomic mass is 10.1. The van der Waals surface area contributed by atoms with Crippen molar-refractivity contribution in [3.05, 3.63) is 64.3 Å². The fourth-order valence-electron chi connectivity index (χ4n) is 2.86. The topological polar surface area (TPSA) is 60.3 Å². The summed E-state index contributed by atoms with van der Waals surface area (Å²) in [4.78, 5) is 23.8. The van der Waals surface area contributed by atoms with Crippen LogP contribution in [0.25, 0.3) is 10.9 Å². The van der Waals surface area contributed by atoms with E-state index in [9.17, 15) is 9.59 Å². The van der Waals surface area contributed by atoms with E-state index in [0.29, 0.717) is 11.3 Å². The first kappa shape index (κ1) is 15.0. The van der Waals surface area contributed by atoms with Crippen LogP contribution in [0, 0.1) is 0 Å². The van der Waals surface area contributed by atoms with E-state index in [4.69, 9.17) is 4.74 Å². The molecule has 0 spiro atoms. The van der Waals surface area contributed by atoms with Gasteiger partial charge in [0.25, 0.3) is 0 Å². The first-order valence-electron chi connectivity index (χ1n) is 7.44. The molecule has 2 heterocycles. The Morgan fingerprint density at radius 2 is 2.08 bits per heavy atom. The van der Waals surface area contributed by atoms with Crippen molar-refractivity contribution in [3.63, 3.8) is 0 Å². The number of aromatic nitrogens is 1. The lowest BCUT2D eigenvalue weighted by molar-refractivity contribution is -0.116. The number of ether oxygens (including phenoxy) is 1. The minimum absolute atomic E-state index is 0.127. The van der Waals surface area contributed by atoms with Gasteiger partial charge in [-0.3, -0.25) is 4.79 Å². The van der Waals surface area contributed by atoms with Crippen LogP contribution in [0.1, 0.15) is 15.9 Å². The molecule has 0 saturated carbocycles. The van der Waals surface area contributed by atoms with Crippen molar-refractivity contribution in [3.8, 4) is 0 Å². The summed E-state index contributed by atoms with van der Waals surface area (Å²) in [6.07, 6.45) is 1.89. The smallest absolute Gasteiger partial charge is 0.338 e. The third-order valence-corrected chi connectivity index (χ3v) is 4.51. The highest BCUT2D eigenvalue weighted by Crippen LogP contribution is 2.24. The number of halogens is 1. The van der Waals surface area contributed by atoms with Gasteiger partial charge < -0.3 is 14.6 Å². The molecule has 1 aliphatic heterocycles. The third-order valence-electron chi connectivity index (χ3n) is 4.02. The maximum Gasteiger partial charge on any atom is 0.338 e. The number of nitrogens with zero attached hydrogens (tertiary/aromatic N) is 1. The lowest BCUT2D eigenvalue weighted by Gasteiger charge is -2.08. The summed E-state index contributed by atoms with van der Waals surface area (Å²) >= 11 is 3.45. The number of carbonyl (C=O) groups is 2. The summed E-state index contributed by atoms with van der Waals surface area (Å²) < 4.78 is 7.84. The van der Waals surface area contributed by atoms with Crippen LogP contribution in [0.15, 0.2) is 53.1 Å². The second-order valence-electron chi connectivity index (χ2n) is 5.64. The summed E-state index contributed by atoms with van der Waals surface area (Å²) in [5, 5.41) is 3.95. The molecule has 4 rings (SSSR count). The predicted molar refractivity (Wildman–Crippen MR) is 93.8 cm³/mol. The minimum Gasteiger partial charge on any atom is -0.457 e. The summed E-state index contributed by atoms with van der Waals surface area (Å²) in [5.74, 6) is -0.440. The zero-order valence-electron chi connectivity index (χ0n) is 12.6. The standard InChI is InChI=1S/C18H13BrN2O3/c19-13-2-1-11-5-6-21(16(11)8-13)9-17(22)20-14-3-4-15-12(7-14)10-24-18(15)23/h1-8H,9-10H2,(H,20,22). The molecule has 2 aromatic carbocycles. The zero-order chi connectivity index (χ0) is 16.7. The molecule has 0 saturated heterocycles. The SMILES string of the molecule is O=C(Cn1ccc2ccc(Br)cc21)Nc1ccc2c(c1)COC2=O. The van der Waals surface area contributed by atoms with Gasteiger partial charge in [-0.1, -0.05) is 22.0 Å². The van der Waals surface area contributed by atoms with Crippen molar-refractivity contribution in [1.82, 2.24) is 4.57 Å². The summed E-state index contributed by atoms with van der Waals surface area (Å²) in [6, 6.07) is 13.1. The fraction of sp³-hybridized carbons (Fsp3) is 0.111. The molecule has 24 heavy (non-hydrogen) atoms. The van der Waals surface area contributed by atoms with Gasteiger partial charge in [0, 0.05) is 27.4 Å². The van der Waals surface area contributed by atoms with Crippen LogP contribution in [0.2, 0.25) is 0 Å². The largest absolute Gasteiger partial charge is 0.457 e. The van der Waals surface area contributed by atoms with Crippen molar-refractivity contribution in [2.45, 2.75) is 13.2 Å². The van der Waals surface area contributed by atoms with Crippen LogP contribution in [-0.2, 0) is 22.7 Å². The molecule has 1 aromatic heterocycles. The number of hydrogen-bond donors (Lipinski definition) is 1. The Labute approximate surface area is 146 Å². The Bertz CT molecular complexity index is 978. The van der Waals surface area contributed by atoms with E-state index in [1.165, 1.54) is 0 Å². The number of cyclic esters (lactones) is 1. The molecule has 5 nitrogen and oxygen atoms in total. The highest BCUT2D eigenvalue weighted by Gasteiger charge is 2.21. The molecule has 1 N–H and O–H groups in total. The van der Waals surface area contributed by atoms with Gasteiger partial charge in [0.05, 0.1) is 5.56 Å². The van der Waals surface area contributed by atoms with Gasteiger partial charge in [-0.15, -0.1) is 0 Å². The lowest BCUT2D eigenvalue weighted by Crippen LogP contribution is -2.18. The molecule has 0 aliphatic carbocycles. The number of carbonyl (C=O) groups excluding carboxylic acids is 2. The molecular formula is C18H13BrN2O3. The molecule has 1 amide bonds. The molecule has 6 heteroatoms. The molecule has 3 aromatic rings. The van der Waals surface area contributed by atoms with Gasteiger partial charge in [-0.2, -0.15) is 0 Å². The quantitative estimate of drug-likeness (QED) is 0.700. The number of nitrogens with one attached hydrogen (secondary N) is 1. The van der Waals surface area contributed by atoms with Gasteiger partial charge in [0.2, 0.25) is 5.91 Å². The first-order chi connectivity index (χ1) is 11.6. The Kier molecular flexibility index (Phi) is 3.61. The molecule has 0 radical (unpaired) electrons. The van der Waals surface area contributed by atoms with Crippen LogP contribution >= 0.6 is 15.9 Å². The normalized spacial score (nSPS) is 13.0. The third kappa shape index (κ3) is 2.69. The van der Waals surface area contributed by atoms with E-state index in [1.54, 1.807) is 18.2 Å². The number of amides is 1. The maximum atomic E-state index is 12.3. The van der Waals surface area contributed by atoms with Gasteiger partial charge >= 0.3 is 5.97 Å². The highest BCUT2D eigenvalue weighted by molar-refractivity contribution is 9.10. The van der Waals surface area contributed by atoms with Gasteiger partial charge in [-0.05, 0) is 41.8 Å². The molecule has 120 valence electrons. The number of hydrogen-bond acceptors (Lipinski definition) is 3. The van der Waals surface area contributed by atoms with Gasteiger partial charge in [-0.25, -0.2) is 4.79 Å². The van der Waals surface area contributed by atoms with Crippen molar-refractivity contribution in [1.29, 1.82) is 0 Å². The Morgan fingerprint density at radius 3 is 2.96 bits per heavy atom. The molecule has 1 aliphatic rings. The monoisotopic (exact) mass is 384 g/mol. The Balaban J connectivity index is 1.52. The Hall–Kier alpha value is -2.60. The average Bonchev–Trinajstić information content (AvgIpc) is 3.11. The van der Waals surface area contributed by atoms with Crippen molar-refractivity contribution in [2.24, 2.45) is 0 Å². The number of anilines is 1. The summed E-state index contributed by atoms with van der Waals surface area (Å²) in [6.45, 7) is 0.473. The molecular weight excluding hydrogens is 372 g/mol. The molecule has 0 atom stereocenters. The van der Waals surface area contributed by atoms with Gasteiger partial charge in [0.15, 0.2) is 0 Å². The number of esters is 1. The number of benzene rings is 2. The van der Waals surface area contributed by atoms with E-state index in [1.807, 2.05) is 35.0 Å². The van der Waals surface area contributed by atoms with Crippen LogP contribution in [-0.4, -0.2) is 16.4 Å². The maximum absolute atomic E-state index is 12.3. The van der Waals surface area contributed by atoms with E-state index in [-0.39, 0.29) is 25.0 Å². The average molecular weight is 385 g/mol. The summed E-state index contributed by atoms with van der Waals surface area (Å²) in [7, 11) is 0. The van der Waals surface area contributed by atoms with E-state index in [0.717, 1.165) is 20.9 Å². The van der Waals surface area contributed by atoms with E-state index in [2.05, 4.69) is 21.2 Å². The van der Waals surface area contributed by atoms with E-state index >= 15 is 0 Å². The molecule has 0 bridgehead atoms. The van der Waals surface area contributed by atoms with Crippen LogP contribution in [0.3, 0.4) is 0 Å². The van der Waals surface area contributed by atoms with Crippen LogP contribution in [0.4, 0.5) is 5.69 Å². The molecule has 0 unspecified atom stereocenters. The second kappa shape index (κ2) is 5.79. The number of fused-ring (bicyclic) bond motifs is 2. The number of rotatable bonds is 3. The van der Waals surface area contributed by atoms with E-state index < -0.39 is 0 Å². The Morgan fingerprint density at radius 1 is 1.21 bits per heavy atom. The van der Waals surface area contributed by atoms with Crippen LogP contribution < -0.4 is 5.32 Å².